The van der Waals surface area contributed by atoms with Crippen LogP contribution in [-0.2, 0) is 11.2 Å². The Morgan fingerprint density at radius 2 is 1.55 bits per heavy atom. The molecular formula is C27H40N2OS. The largest absolute Gasteiger partial charge is 0.350 e. The first-order chi connectivity index (χ1) is 14.6. The number of aryl methyl sites for hydroxylation is 1. The average molecular weight is 441 g/mol. The molecule has 1 N–H and O–H groups in total. The van der Waals surface area contributed by atoms with E-state index in [-0.39, 0.29) is 22.9 Å². The molecule has 0 radical (unpaired) electrons. The minimum Gasteiger partial charge on any atom is -0.350 e. The summed E-state index contributed by atoms with van der Waals surface area (Å²) in [7, 11) is 2.08. The number of amides is 1. The Bertz CT molecular complexity index is 784. The molecule has 2 rings (SSSR count). The summed E-state index contributed by atoms with van der Waals surface area (Å²) in [5.41, 5.74) is 1.20. The van der Waals surface area contributed by atoms with Crippen LogP contribution in [0.15, 0.2) is 65.6 Å². The van der Waals surface area contributed by atoms with Gasteiger partial charge in [-0.2, -0.15) is 0 Å². The lowest BCUT2D eigenvalue weighted by Crippen LogP contribution is -2.53. The zero-order chi connectivity index (χ0) is 22.9. The van der Waals surface area contributed by atoms with Crippen molar-refractivity contribution in [1.82, 2.24) is 10.2 Å². The fourth-order valence-corrected chi connectivity index (χ4v) is 5.23. The number of nitrogens with zero attached hydrogens (tertiary/aromatic N) is 1. The van der Waals surface area contributed by atoms with E-state index in [0.717, 1.165) is 31.6 Å². The Morgan fingerprint density at radius 1 is 0.968 bits per heavy atom. The maximum Gasteiger partial charge on any atom is 0.237 e. The highest BCUT2D eigenvalue weighted by atomic mass is 32.2. The highest BCUT2D eigenvalue weighted by Gasteiger charge is 2.31. The van der Waals surface area contributed by atoms with Crippen LogP contribution in [0.2, 0.25) is 0 Å². The van der Waals surface area contributed by atoms with Gasteiger partial charge in [-0.3, -0.25) is 9.69 Å². The van der Waals surface area contributed by atoms with E-state index in [9.17, 15) is 4.79 Å². The SMILES string of the molecule is CN(CCSc1ccccc1)C(CCc1ccccc1)C(=O)NC(C)(C)CC(C)(C)C. The van der Waals surface area contributed by atoms with Gasteiger partial charge < -0.3 is 5.32 Å². The van der Waals surface area contributed by atoms with Crippen molar-refractivity contribution in [1.29, 1.82) is 0 Å². The fraction of sp³-hybridized carbons (Fsp3) is 0.519. The molecule has 0 aliphatic carbocycles. The van der Waals surface area contributed by atoms with Gasteiger partial charge in [-0.1, -0.05) is 69.3 Å². The molecule has 0 spiro atoms. The van der Waals surface area contributed by atoms with E-state index in [1.54, 1.807) is 0 Å². The van der Waals surface area contributed by atoms with Crippen molar-refractivity contribution >= 4 is 17.7 Å². The first kappa shape index (κ1) is 25.5. The minimum atomic E-state index is -0.236. The first-order valence-corrected chi connectivity index (χ1v) is 12.3. The van der Waals surface area contributed by atoms with Crippen molar-refractivity contribution < 1.29 is 4.79 Å². The number of rotatable bonds is 11. The van der Waals surface area contributed by atoms with Crippen LogP contribution in [0.1, 0.15) is 53.0 Å². The lowest BCUT2D eigenvalue weighted by Gasteiger charge is -2.36. The van der Waals surface area contributed by atoms with Gasteiger partial charge in [0.1, 0.15) is 0 Å². The van der Waals surface area contributed by atoms with Gasteiger partial charge in [0.05, 0.1) is 6.04 Å². The van der Waals surface area contributed by atoms with Crippen molar-refractivity contribution in [2.45, 2.75) is 70.4 Å². The van der Waals surface area contributed by atoms with Gasteiger partial charge in [0.15, 0.2) is 0 Å². The van der Waals surface area contributed by atoms with E-state index < -0.39 is 0 Å². The summed E-state index contributed by atoms with van der Waals surface area (Å²) in [6.45, 7) is 11.8. The van der Waals surface area contributed by atoms with Gasteiger partial charge in [0.25, 0.3) is 0 Å². The van der Waals surface area contributed by atoms with E-state index in [4.69, 9.17) is 0 Å². The molecule has 4 heteroatoms. The van der Waals surface area contributed by atoms with Gasteiger partial charge in [-0.05, 0) is 63.3 Å². The van der Waals surface area contributed by atoms with Crippen molar-refractivity contribution in [3.63, 3.8) is 0 Å². The van der Waals surface area contributed by atoms with Crippen molar-refractivity contribution in [2.24, 2.45) is 5.41 Å². The lowest BCUT2D eigenvalue weighted by molar-refractivity contribution is -0.128. The molecule has 0 aliphatic rings. The highest BCUT2D eigenvalue weighted by molar-refractivity contribution is 7.99. The molecule has 0 fully saturated rings. The fourth-order valence-electron chi connectivity index (χ4n) is 4.27. The molecule has 0 bridgehead atoms. The van der Waals surface area contributed by atoms with Gasteiger partial charge in [-0.15, -0.1) is 11.8 Å². The van der Waals surface area contributed by atoms with Gasteiger partial charge >= 0.3 is 0 Å². The normalized spacial score (nSPS) is 13.3. The summed E-state index contributed by atoms with van der Waals surface area (Å²) < 4.78 is 0. The standard InChI is InChI=1S/C27H40N2OS/c1-26(2,3)21-27(4,5)28-25(30)24(18-17-22-13-9-7-10-14-22)29(6)19-20-31-23-15-11-8-12-16-23/h7-16,24H,17-21H2,1-6H3,(H,28,30). The number of carbonyl (C=O) groups excluding carboxylic acids is 1. The predicted molar refractivity (Wildman–Crippen MR) is 135 cm³/mol. The van der Waals surface area contributed by atoms with Crippen LogP contribution in [-0.4, -0.2) is 41.7 Å². The van der Waals surface area contributed by atoms with E-state index in [1.807, 2.05) is 23.9 Å². The second kappa shape index (κ2) is 11.7. The third-order valence-corrected chi connectivity index (χ3v) is 6.27. The van der Waals surface area contributed by atoms with E-state index >= 15 is 0 Å². The van der Waals surface area contributed by atoms with Gasteiger partial charge in [-0.25, -0.2) is 0 Å². The van der Waals surface area contributed by atoms with E-state index in [0.29, 0.717) is 0 Å². The summed E-state index contributed by atoms with van der Waals surface area (Å²) in [6.07, 6.45) is 2.65. The molecule has 1 amide bonds. The molecule has 2 aromatic carbocycles. The Balaban J connectivity index is 2.02. The van der Waals surface area contributed by atoms with Crippen LogP contribution in [0.25, 0.3) is 0 Å². The number of nitrogens with one attached hydrogen (secondary N) is 1. The van der Waals surface area contributed by atoms with Crippen LogP contribution in [0.4, 0.5) is 0 Å². The second-order valence-electron chi connectivity index (χ2n) is 10.3. The second-order valence-corrected chi connectivity index (χ2v) is 11.5. The Kier molecular flexibility index (Phi) is 9.64. The zero-order valence-corrected chi connectivity index (χ0v) is 21.0. The Morgan fingerprint density at radius 3 is 2.13 bits per heavy atom. The van der Waals surface area contributed by atoms with Crippen LogP contribution >= 0.6 is 11.8 Å². The topological polar surface area (TPSA) is 32.3 Å². The molecule has 0 saturated heterocycles. The van der Waals surface area contributed by atoms with Crippen molar-refractivity contribution in [3.8, 4) is 0 Å². The Hall–Kier alpha value is -1.78. The number of thioether (sulfide) groups is 1. The summed E-state index contributed by atoms with van der Waals surface area (Å²) in [5.74, 6) is 1.10. The lowest BCUT2D eigenvalue weighted by atomic mass is 9.81. The molecule has 3 nitrogen and oxygen atoms in total. The van der Waals surface area contributed by atoms with Crippen molar-refractivity contribution in [3.05, 3.63) is 66.2 Å². The highest BCUT2D eigenvalue weighted by Crippen LogP contribution is 2.27. The van der Waals surface area contributed by atoms with Crippen LogP contribution in [0.3, 0.4) is 0 Å². The van der Waals surface area contributed by atoms with Gasteiger partial charge in [0, 0.05) is 22.7 Å². The molecule has 170 valence electrons. The molecular weight excluding hydrogens is 400 g/mol. The van der Waals surface area contributed by atoms with Gasteiger partial charge in [0.2, 0.25) is 5.91 Å². The van der Waals surface area contributed by atoms with E-state index in [2.05, 4.69) is 100 Å². The molecule has 0 aromatic heterocycles. The molecule has 31 heavy (non-hydrogen) atoms. The first-order valence-electron chi connectivity index (χ1n) is 11.3. The third kappa shape index (κ3) is 9.92. The van der Waals surface area contributed by atoms with Crippen LogP contribution in [0.5, 0.6) is 0 Å². The number of hydrogen-bond donors (Lipinski definition) is 1. The zero-order valence-electron chi connectivity index (χ0n) is 20.2. The summed E-state index contributed by atoms with van der Waals surface area (Å²) in [6, 6.07) is 20.8. The monoisotopic (exact) mass is 440 g/mol. The smallest absolute Gasteiger partial charge is 0.237 e. The maximum absolute atomic E-state index is 13.4. The van der Waals surface area contributed by atoms with Crippen LogP contribution < -0.4 is 5.32 Å². The summed E-state index contributed by atoms with van der Waals surface area (Å²) in [4.78, 5) is 16.9. The number of hydrogen-bond acceptors (Lipinski definition) is 3. The summed E-state index contributed by atoms with van der Waals surface area (Å²) in [5, 5.41) is 3.35. The Labute approximate surface area is 194 Å². The molecule has 0 heterocycles. The average Bonchev–Trinajstić information content (AvgIpc) is 2.67. The minimum absolute atomic E-state index is 0.136. The van der Waals surface area contributed by atoms with Crippen molar-refractivity contribution in [2.75, 3.05) is 19.3 Å². The third-order valence-electron chi connectivity index (χ3n) is 5.27. The summed E-state index contributed by atoms with van der Waals surface area (Å²) >= 11 is 1.84. The van der Waals surface area contributed by atoms with E-state index in [1.165, 1.54) is 10.5 Å². The number of likely N-dealkylation sites (N-methyl/N-ethyl adjacent to an activating group) is 1. The maximum atomic E-state index is 13.4. The molecule has 2 aromatic rings. The number of benzene rings is 2. The molecule has 1 unspecified atom stereocenters. The molecule has 1 atom stereocenters. The van der Waals surface area contributed by atoms with Crippen LogP contribution in [0, 0.1) is 5.41 Å². The molecule has 0 saturated carbocycles. The number of carbonyl (C=O) groups is 1. The predicted octanol–water partition coefficient (Wildman–Crippen LogP) is 6.04. The quantitative estimate of drug-likeness (QED) is 0.432. The molecule has 0 aliphatic heterocycles.